The lowest BCUT2D eigenvalue weighted by Crippen LogP contribution is -2.33. The first kappa shape index (κ1) is 30.8. The van der Waals surface area contributed by atoms with Gasteiger partial charge in [0.15, 0.2) is 6.10 Å². The standard InChI is InChI=1S/C35H43IN2O4/c1-5-40-34(39)32(42-29-16-10-26(11-17-29)35(2,3)4)20-24-8-14-28(15-9-24)41-19-18-37-33-30-22-38(23-31(30)33)21-25-6-12-27(36)13-7-25/h6-17,30-33,37H,5,18-23H2,1-4H3/t30?,31?,32-,33?/m1/s1. The fraction of sp³-hybridized carbons (Fsp3) is 0.457. The third-order valence-electron chi connectivity index (χ3n) is 8.23. The van der Waals surface area contributed by atoms with Crippen molar-refractivity contribution < 1.29 is 19.0 Å². The first-order valence-corrected chi connectivity index (χ1v) is 16.1. The van der Waals surface area contributed by atoms with E-state index in [0.717, 1.165) is 36.2 Å². The van der Waals surface area contributed by atoms with E-state index in [0.29, 0.717) is 31.4 Å². The first-order valence-electron chi connectivity index (χ1n) is 15.1. The molecule has 2 fully saturated rings. The second-order valence-electron chi connectivity index (χ2n) is 12.5. The molecule has 7 heteroatoms. The lowest BCUT2D eigenvalue weighted by molar-refractivity contribution is -0.151. The fourth-order valence-electron chi connectivity index (χ4n) is 5.83. The van der Waals surface area contributed by atoms with Crippen LogP contribution in [0.4, 0.5) is 0 Å². The molecule has 2 aliphatic rings. The van der Waals surface area contributed by atoms with Gasteiger partial charge in [-0.25, -0.2) is 4.79 Å². The summed E-state index contributed by atoms with van der Waals surface area (Å²) in [6.45, 7) is 13.5. The largest absolute Gasteiger partial charge is 0.492 e. The Hall–Kier alpha value is -2.62. The van der Waals surface area contributed by atoms with Crippen molar-refractivity contribution in [1.82, 2.24) is 10.2 Å². The Morgan fingerprint density at radius 1 is 0.929 bits per heavy atom. The van der Waals surface area contributed by atoms with Crippen LogP contribution in [0.5, 0.6) is 11.5 Å². The van der Waals surface area contributed by atoms with Crippen LogP contribution in [0.1, 0.15) is 44.4 Å². The Bertz CT molecular complexity index is 1290. The van der Waals surface area contributed by atoms with Crippen LogP contribution in [0, 0.1) is 15.4 Å². The van der Waals surface area contributed by atoms with E-state index in [1.165, 1.54) is 27.8 Å². The first-order chi connectivity index (χ1) is 20.2. The van der Waals surface area contributed by atoms with Crippen molar-refractivity contribution in [3.8, 4) is 11.5 Å². The molecule has 6 nitrogen and oxygen atoms in total. The third-order valence-corrected chi connectivity index (χ3v) is 8.95. The molecular formula is C35H43IN2O4. The van der Waals surface area contributed by atoms with Crippen molar-refractivity contribution in [3.63, 3.8) is 0 Å². The molecule has 0 bridgehead atoms. The number of fused-ring (bicyclic) bond motifs is 1. The molecule has 0 radical (unpaired) electrons. The van der Waals surface area contributed by atoms with E-state index in [4.69, 9.17) is 14.2 Å². The van der Waals surface area contributed by atoms with E-state index in [9.17, 15) is 4.79 Å². The number of benzene rings is 3. The number of halogens is 1. The van der Waals surface area contributed by atoms with E-state index >= 15 is 0 Å². The minimum Gasteiger partial charge on any atom is -0.492 e. The molecule has 1 saturated carbocycles. The minimum absolute atomic E-state index is 0.0553. The summed E-state index contributed by atoms with van der Waals surface area (Å²) in [5, 5.41) is 3.70. The van der Waals surface area contributed by atoms with Crippen LogP contribution in [-0.4, -0.2) is 55.9 Å². The summed E-state index contributed by atoms with van der Waals surface area (Å²) in [4.78, 5) is 15.3. The van der Waals surface area contributed by atoms with Gasteiger partial charge in [0.2, 0.25) is 0 Å². The van der Waals surface area contributed by atoms with Gasteiger partial charge in [-0.05, 0) is 99.9 Å². The second kappa shape index (κ2) is 13.8. The van der Waals surface area contributed by atoms with Crippen LogP contribution < -0.4 is 14.8 Å². The van der Waals surface area contributed by atoms with E-state index in [1.54, 1.807) is 0 Å². The van der Waals surface area contributed by atoms with Crippen LogP contribution in [-0.2, 0) is 27.9 Å². The Morgan fingerprint density at radius 3 is 2.17 bits per heavy atom. The monoisotopic (exact) mass is 682 g/mol. The minimum atomic E-state index is -0.716. The number of hydrogen-bond donors (Lipinski definition) is 1. The normalized spacial score (nSPS) is 20.5. The number of hydrogen-bond acceptors (Lipinski definition) is 6. The van der Waals surface area contributed by atoms with Crippen molar-refractivity contribution in [2.75, 3.05) is 32.8 Å². The lowest BCUT2D eigenvalue weighted by atomic mass is 9.87. The van der Waals surface area contributed by atoms with Crippen LogP contribution in [0.2, 0.25) is 0 Å². The molecule has 5 rings (SSSR count). The zero-order valence-electron chi connectivity index (χ0n) is 25.1. The molecule has 1 aliphatic heterocycles. The third kappa shape index (κ3) is 8.26. The predicted octanol–water partition coefficient (Wildman–Crippen LogP) is 6.24. The average Bonchev–Trinajstić information content (AvgIpc) is 3.42. The number of piperidine rings is 1. The molecule has 3 atom stereocenters. The fourth-order valence-corrected chi connectivity index (χ4v) is 6.19. The quantitative estimate of drug-likeness (QED) is 0.131. The van der Waals surface area contributed by atoms with Crippen LogP contribution in [0.25, 0.3) is 0 Å². The molecule has 0 aromatic heterocycles. The molecule has 0 amide bonds. The molecule has 224 valence electrons. The van der Waals surface area contributed by atoms with Gasteiger partial charge in [0.05, 0.1) is 6.61 Å². The van der Waals surface area contributed by atoms with Crippen molar-refractivity contribution in [2.24, 2.45) is 11.8 Å². The summed E-state index contributed by atoms with van der Waals surface area (Å²) >= 11 is 2.36. The van der Waals surface area contributed by atoms with Gasteiger partial charge in [-0.15, -0.1) is 0 Å². The van der Waals surface area contributed by atoms with Gasteiger partial charge in [-0.2, -0.15) is 0 Å². The highest BCUT2D eigenvalue weighted by Crippen LogP contribution is 2.45. The maximum Gasteiger partial charge on any atom is 0.347 e. The van der Waals surface area contributed by atoms with E-state index in [1.807, 2.05) is 43.3 Å². The maximum atomic E-state index is 12.7. The number of carbonyl (C=O) groups is 1. The van der Waals surface area contributed by atoms with Gasteiger partial charge in [0.1, 0.15) is 18.1 Å². The molecule has 42 heavy (non-hydrogen) atoms. The summed E-state index contributed by atoms with van der Waals surface area (Å²) in [5.41, 5.74) is 3.66. The Morgan fingerprint density at radius 2 is 1.55 bits per heavy atom. The van der Waals surface area contributed by atoms with Gasteiger partial charge in [-0.1, -0.05) is 57.2 Å². The van der Waals surface area contributed by atoms with Gasteiger partial charge >= 0.3 is 5.97 Å². The molecule has 1 N–H and O–H groups in total. The molecule has 3 aromatic carbocycles. The van der Waals surface area contributed by atoms with Gasteiger partial charge < -0.3 is 19.5 Å². The number of esters is 1. The van der Waals surface area contributed by atoms with Crippen molar-refractivity contribution >= 4 is 28.6 Å². The SMILES string of the molecule is CCOC(=O)[C@@H](Cc1ccc(OCCNC2C3CN(Cc4ccc(I)cc4)CC32)cc1)Oc1ccc(C(C)(C)C)cc1. The number of rotatable bonds is 13. The lowest BCUT2D eigenvalue weighted by Gasteiger charge is -2.21. The molecule has 1 aliphatic carbocycles. The van der Waals surface area contributed by atoms with Crippen molar-refractivity contribution in [3.05, 3.63) is 93.1 Å². The van der Waals surface area contributed by atoms with Crippen molar-refractivity contribution in [1.29, 1.82) is 0 Å². The highest BCUT2D eigenvalue weighted by Gasteiger charge is 2.55. The average molecular weight is 683 g/mol. The molecule has 3 aromatic rings. The number of nitrogens with one attached hydrogen (secondary N) is 1. The highest BCUT2D eigenvalue weighted by molar-refractivity contribution is 14.1. The summed E-state index contributed by atoms with van der Waals surface area (Å²) in [5.74, 6) is 2.66. The molecule has 0 spiro atoms. The number of carbonyl (C=O) groups excluding carboxylic acids is 1. The summed E-state index contributed by atoms with van der Waals surface area (Å²) in [6, 6.07) is 25.3. The van der Waals surface area contributed by atoms with Gasteiger partial charge in [0, 0.05) is 42.2 Å². The smallest absolute Gasteiger partial charge is 0.347 e. The molecular weight excluding hydrogens is 639 g/mol. The Labute approximate surface area is 264 Å². The zero-order chi connectivity index (χ0) is 29.7. The topological polar surface area (TPSA) is 60.0 Å². The summed E-state index contributed by atoms with van der Waals surface area (Å²) < 4.78 is 18.7. The zero-order valence-corrected chi connectivity index (χ0v) is 27.3. The maximum absolute atomic E-state index is 12.7. The number of nitrogens with zero attached hydrogens (tertiary/aromatic N) is 1. The van der Waals surface area contributed by atoms with E-state index in [-0.39, 0.29) is 11.4 Å². The highest BCUT2D eigenvalue weighted by atomic mass is 127. The van der Waals surface area contributed by atoms with Crippen LogP contribution in [0.3, 0.4) is 0 Å². The number of likely N-dealkylation sites (tertiary alicyclic amines) is 1. The molecule has 2 unspecified atom stereocenters. The van der Waals surface area contributed by atoms with Gasteiger partial charge in [-0.3, -0.25) is 4.90 Å². The predicted molar refractivity (Wildman–Crippen MR) is 175 cm³/mol. The Kier molecular flexibility index (Phi) is 10.1. The van der Waals surface area contributed by atoms with Crippen molar-refractivity contribution in [2.45, 2.75) is 58.2 Å². The van der Waals surface area contributed by atoms with E-state index < -0.39 is 6.10 Å². The van der Waals surface area contributed by atoms with Gasteiger partial charge in [0.25, 0.3) is 0 Å². The molecule has 1 saturated heterocycles. The number of ether oxygens (including phenoxy) is 3. The summed E-state index contributed by atoms with van der Waals surface area (Å²) in [6.07, 6.45) is -0.292. The second-order valence-corrected chi connectivity index (χ2v) is 13.7. The van der Waals surface area contributed by atoms with Crippen LogP contribution >= 0.6 is 22.6 Å². The molecule has 1 heterocycles. The van der Waals surface area contributed by atoms with Crippen LogP contribution in [0.15, 0.2) is 72.8 Å². The van der Waals surface area contributed by atoms with E-state index in [2.05, 4.69) is 90.0 Å². The summed E-state index contributed by atoms with van der Waals surface area (Å²) in [7, 11) is 0. The Balaban J connectivity index is 1.04.